The summed E-state index contributed by atoms with van der Waals surface area (Å²) in [4.78, 5) is 0. The Kier molecular flexibility index (Phi) is 4.90. The van der Waals surface area contributed by atoms with Crippen molar-refractivity contribution in [2.75, 3.05) is 0 Å². The molecule has 1 heterocycles. The van der Waals surface area contributed by atoms with Crippen molar-refractivity contribution >= 4 is 0 Å². The Morgan fingerprint density at radius 3 is 2.70 bits per heavy atom. The minimum absolute atomic E-state index is 0.111. The summed E-state index contributed by atoms with van der Waals surface area (Å²) in [6.07, 6.45) is 5.55. The topological polar surface area (TPSA) is 29.9 Å². The Labute approximate surface area is 119 Å². The molecule has 20 heavy (non-hydrogen) atoms. The van der Waals surface area contributed by atoms with Crippen molar-refractivity contribution in [3.05, 3.63) is 53.6 Å². The maximum atomic E-state index is 13.5. The van der Waals surface area contributed by atoms with Crippen LogP contribution in [0, 0.1) is 5.82 Å². The fourth-order valence-electron chi connectivity index (χ4n) is 2.34. The average Bonchev–Trinajstić information content (AvgIpc) is 2.84. The van der Waals surface area contributed by atoms with Crippen LogP contribution in [0.2, 0.25) is 0 Å². The first-order valence-corrected chi connectivity index (χ1v) is 7.04. The number of aryl methyl sites for hydroxylation is 2. The zero-order chi connectivity index (χ0) is 14.5. The van der Waals surface area contributed by atoms with Gasteiger partial charge in [0, 0.05) is 30.9 Å². The van der Waals surface area contributed by atoms with E-state index in [0.29, 0.717) is 6.04 Å². The van der Waals surface area contributed by atoms with Crippen LogP contribution in [0.5, 0.6) is 0 Å². The molecule has 2 rings (SSSR count). The third-order valence-electron chi connectivity index (χ3n) is 3.56. The molecule has 4 heteroatoms. The molecule has 1 N–H and O–H groups in total. The van der Waals surface area contributed by atoms with Crippen LogP contribution < -0.4 is 5.32 Å². The highest BCUT2D eigenvalue weighted by Crippen LogP contribution is 2.14. The van der Waals surface area contributed by atoms with Gasteiger partial charge in [0.1, 0.15) is 5.82 Å². The van der Waals surface area contributed by atoms with E-state index >= 15 is 0 Å². The molecule has 0 spiro atoms. The van der Waals surface area contributed by atoms with Crippen LogP contribution in [0.15, 0.2) is 36.7 Å². The first-order valence-electron chi connectivity index (χ1n) is 7.04. The van der Waals surface area contributed by atoms with Gasteiger partial charge in [-0.25, -0.2) is 4.39 Å². The number of hydrogen-bond acceptors (Lipinski definition) is 2. The average molecular weight is 275 g/mol. The van der Waals surface area contributed by atoms with Crippen LogP contribution >= 0.6 is 0 Å². The van der Waals surface area contributed by atoms with E-state index in [2.05, 4.69) is 24.3 Å². The summed E-state index contributed by atoms with van der Waals surface area (Å²) in [7, 11) is 1.91. The van der Waals surface area contributed by atoms with Crippen molar-refractivity contribution in [1.29, 1.82) is 0 Å². The number of hydrogen-bond donors (Lipinski definition) is 1. The summed E-state index contributed by atoms with van der Waals surface area (Å²) in [5, 5.41) is 7.70. The van der Waals surface area contributed by atoms with Gasteiger partial charge in [-0.2, -0.15) is 5.10 Å². The van der Waals surface area contributed by atoms with Gasteiger partial charge in [-0.15, -0.1) is 0 Å². The lowest BCUT2D eigenvalue weighted by molar-refractivity contribution is 0.453. The van der Waals surface area contributed by atoms with Crippen molar-refractivity contribution in [3.63, 3.8) is 0 Å². The molecule has 0 aliphatic carbocycles. The summed E-state index contributed by atoms with van der Waals surface area (Å²) >= 11 is 0. The number of halogens is 1. The molecule has 2 atom stereocenters. The van der Waals surface area contributed by atoms with Crippen LogP contribution in [0.25, 0.3) is 0 Å². The molecule has 3 nitrogen and oxygen atoms in total. The summed E-state index contributed by atoms with van der Waals surface area (Å²) in [5.41, 5.74) is 1.96. The van der Waals surface area contributed by atoms with Gasteiger partial charge in [0.15, 0.2) is 0 Å². The van der Waals surface area contributed by atoms with Crippen LogP contribution in [-0.4, -0.2) is 15.8 Å². The Morgan fingerprint density at radius 1 is 1.30 bits per heavy atom. The maximum Gasteiger partial charge on any atom is 0.126 e. The molecule has 0 fully saturated rings. The second-order valence-electron chi connectivity index (χ2n) is 5.37. The molecule has 0 amide bonds. The molecule has 0 aliphatic rings. The second kappa shape index (κ2) is 6.66. The normalized spacial score (nSPS) is 14.2. The zero-order valence-electron chi connectivity index (χ0n) is 12.3. The van der Waals surface area contributed by atoms with E-state index in [1.807, 2.05) is 31.6 Å². The van der Waals surface area contributed by atoms with E-state index in [4.69, 9.17) is 0 Å². The van der Waals surface area contributed by atoms with Crippen molar-refractivity contribution in [2.24, 2.45) is 7.05 Å². The Bertz CT molecular complexity index is 550. The smallest absolute Gasteiger partial charge is 0.126 e. The molecule has 0 unspecified atom stereocenters. The van der Waals surface area contributed by atoms with Crippen molar-refractivity contribution in [3.8, 4) is 0 Å². The fourth-order valence-corrected chi connectivity index (χ4v) is 2.34. The first kappa shape index (κ1) is 14.7. The number of nitrogens with one attached hydrogen (secondary N) is 1. The third kappa shape index (κ3) is 3.90. The molecule has 2 aromatic rings. The van der Waals surface area contributed by atoms with E-state index in [-0.39, 0.29) is 11.9 Å². The van der Waals surface area contributed by atoms with E-state index < -0.39 is 0 Å². The molecule has 0 radical (unpaired) electrons. The molecule has 1 aromatic heterocycles. The first-order chi connectivity index (χ1) is 9.56. The predicted molar refractivity (Wildman–Crippen MR) is 78.9 cm³/mol. The van der Waals surface area contributed by atoms with Gasteiger partial charge < -0.3 is 5.32 Å². The number of nitrogens with zero attached hydrogens (tertiary/aromatic N) is 2. The van der Waals surface area contributed by atoms with Gasteiger partial charge in [0.25, 0.3) is 0 Å². The molecule has 108 valence electrons. The number of benzene rings is 1. The molecule has 0 bridgehead atoms. The van der Waals surface area contributed by atoms with Gasteiger partial charge in [-0.1, -0.05) is 18.2 Å². The van der Waals surface area contributed by atoms with Crippen LogP contribution in [-0.2, 0) is 13.5 Å². The van der Waals surface area contributed by atoms with Crippen molar-refractivity contribution in [2.45, 2.75) is 38.8 Å². The van der Waals surface area contributed by atoms with Gasteiger partial charge in [0.2, 0.25) is 0 Å². The zero-order valence-corrected chi connectivity index (χ0v) is 12.3. The summed E-state index contributed by atoms with van der Waals surface area (Å²) in [6.45, 7) is 4.25. The predicted octanol–water partition coefficient (Wildman–Crippen LogP) is 3.23. The van der Waals surface area contributed by atoms with Crippen molar-refractivity contribution < 1.29 is 4.39 Å². The minimum Gasteiger partial charge on any atom is -0.308 e. The molecule has 1 aromatic carbocycles. The minimum atomic E-state index is -0.111. The second-order valence-corrected chi connectivity index (χ2v) is 5.37. The molecule has 0 aliphatic heterocycles. The lowest BCUT2D eigenvalue weighted by Gasteiger charge is -2.19. The number of rotatable bonds is 6. The van der Waals surface area contributed by atoms with Gasteiger partial charge in [-0.3, -0.25) is 4.68 Å². The van der Waals surface area contributed by atoms with Gasteiger partial charge >= 0.3 is 0 Å². The van der Waals surface area contributed by atoms with Gasteiger partial charge in [-0.05, 0) is 38.3 Å². The lowest BCUT2D eigenvalue weighted by Crippen LogP contribution is -2.29. The highest BCUT2D eigenvalue weighted by Gasteiger charge is 2.11. The highest BCUT2D eigenvalue weighted by molar-refractivity contribution is 5.17. The van der Waals surface area contributed by atoms with E-state index in [1.165, 1.54) is 11.6 Å². The molecular weight excluding hydrogens is 253 g/mol. The Balaban J connectivity index is 1.83. The van der Waals surface area contributed by atoms with Crippen LogP contribution in [0.3, 0.4) is 0 Å². The van der Waals surface area contributed by atoms with E-state index in [9.17, 15) is 4.39 Å². The lowest BCUT2D eigenvalue weighted by atomic mass is 10.0. The maximum absolute atomic E-state index is 13.5. The molecule has 0 saturated heterocycles. The third-order valence-corrected chi connectivity index (χ3v) is 3.56. The van der Waals surface area contributed by atoms with Crippen molar-refractivity contribution in [1.82, 2.24) is 15.1 Å². The summed E-state index contributed by atoms with van der Waals surface area (Å²) < 4.78 is 15.3. The SMILES string of the molecule is C[C@H](N[C@@H](C)CCc1ccccc1F)c1cnn(C)c1. The molecule has 0 saturated carbocycles. The highest BCUT2D eigenvalue weighted by atomic mass is 19.1. The fraction of sp³-hybridized carbons (Fsp3) is 0.438. The summed E-state index contributed by atoms with van der Waals surface area (Å²) in [5.74, 6) is -0.111. The Morgan fingerprint density at radius 2 is 2.05 bits per heavy atom. The molecular formula is C16H22FN3. The van der Waals surface area contributed by atoms with E-state index in [1.54, 1.807) is 10.7 Å². The Hall–Kier alpha value is -1.68. The van der Waals surface area contributed by atoms with Crippen LogP contribution in [0.1, 0.15) is 37.4 Å². The standard InChI is InChI=1S/C16H22FN3/c1-12(8-9-14-6-4-5-7-16(14)17)19-13(2)15-10-18-20(3)11-15/h4-7,10-13,19H,8-9H2,1-3H3/t12-,13-/m0/s1. The number of aromatic nitrogens is 2. The van der Waals surface area contributed by atoms with Crippen LogP contribution in [0.4, 0.5) is 4.39 Å². The quantitative estimate of drug-likeness (QED) is 0.877. The van der Waals surface area contributed by atoms with E-state index in [0.717, 1.165) is 18.4 Å². The monoisotopic (exact) mass is 275 g/mol. The largest absolute Gasteiger partial charge is 0.308 e. The summed E-state index contributed by atoms with van der Waals surface area (Å²) in [6, 6.07) is 7.56. The van der Waals surface area contributed by atoms with Gasteiger partial charge in [0.05, 0.1) is 6.20 Å².